The molecule has 16 heteroatoms. The molecule has 10 nitrogen and oxygen atoms in total. The quantitative estimate of drug-likeness (QED) is 0.229. The minimum atomic E-state index is -5.18. The zero-order valence-corrected chi connectivity index (χ0v) is 21.5. The fourth-order valence-corrected chi connectivity index (χ4v) is 4.72. The molecule has 0 bridgehead atoms. The molecule has 1 unspecified atom stereocenters. The molecular formula is C25H28F6N4O6. The van der Waals surface area contributed by atoms with E-state index in [1.54, 1.807) is 0 Å². The first kappa shape index (κ1) is 31.8. The smallest absolute Gasteiger partial charge is 0.356 e. The summed E-state index contributed by atoms with van der Waals surface area (Å²) in [6, 6.07) is 1.27. The van der Waals surface area contributed by atoms with Gasteiger partial charge in [-0.1, -0.05) is 12.1 Å². The van der Waals surface area contributed by atoms with Crippen molar-refractivity contribution < 1.29 is 55.1 Å². The largest absolute Gasteiger partial charge is 0.522 e. The summed E-state index contributed by atoms with van der Waals surface area (Å²) in [4.78, 5) is 62.7. The number of alkyl halides is 5. The number of para-hydroxylation sites is 1. The van der Waals surface area contributed by atoms with Crippen LogP contribution in [-0.2, 0) is 28.7 Å². The maximum absolute atomic E-state index is 14.4. The van der Waals surface area contributed by atoms with Gasteiger partial charge in [-0.25, -0.2) is 13.2 Å². The van der Waals surface area contributed by atoms with Crippen LogP contribution in [0.3, 0.4) is 0 Å². The number of hydrogen-bond donors (Lipinski definition) is 4. The lowest BCUT2D eigenvalue weighted by Gasteiger charge is -2.27. The number of Topliss-reactive ketones (excluding diaryl/α,β-unsaturated/α-hetero) is 1. The van der Waals surface area contributed by atoms with Crippen molar-refractivity contribution in [2.24, 2.45) is 11.8 Å². The van der Waals surface area contributed by atoms with Gasteiger partial charge < -0.3 is 21.3 Å². The van der Waals surface area contributed by atoms with E-state index in [2.05, 4.69) is 15.4 Å². The third-order valence-corrected chi connectivity index (χ3v) is 6.90. The molecule has 4 N–H and O–H groups in total. The van der Waals surface area contributed by atoms with Crippen molar-refractivity contribution in [3.05, 3.63) is 30.1 Å². The highest BCUT2D eigenvalue weighted by Gasteiger charge is 2.46. The van der Waals surface area contributed by atoms with Gasteiger partial charge in [0, 0.05) is 24.8 Å². The predicted octanol–water partition coefficient (Wildman–Crippen LogP) is 2.19. The molecule has 1 aliphatic heterocycles. The molecule has 1 heterocycles. The standard InChI is InChI=1S/C25H28F6N4O6/c26-15-5-1-2-6-16(15)33-22(39)23(40)35-18(11-14-4-3-8-24(14,27)28)21(38)34-17(10-13-7-9-32-20(13)37)19(36)12-41-25(29,30)31/h1-2,5-6,13-14,17-18H,3-4,7-12H2,(H,32,37)(H,33,39)(H,34,38)(H,35,40)/t13-,14?,17-,18-/m0/s1. The lowest BCUT2D eigenvalue weighted by molar-refractivity contribution is -0.321. The van der Waals surface area contributed by atoms with Crippen LogP contribution in [-0.4, -0.2) is 66.9 Å². The average molecular weight is 595 g/mol. The molecule has 0 radical (unpaired) electrons. The average Bonchev–Trinajstić information content (AvgIpc) is 3.45. The molecule has 4 amide bonds. The first-order chi connectivity index (χ1) is 19.2. The Hall–Kier alpha value is -3.69. The van der Waals surface area contributed by atoms with Crippen molar-refractivity contribution in [1.82, 2.24) is 16.0 Å². The molecule has 41 heavy (non-hydrogen) atoms. The number of hydrogen-bond acceptors (Lipinski definition) is 6. The van der Waals surface area contributed by atoms with Crippen LogP contribution in [0.15, 0.2) is 24.3 Å². The van der Waals surface area contributed by atoms with Gasteiger partial charge >= 0.3 is 18.2 Å². The Morgan fingerprint density at radius 3 is 2.32 bits per heavy atom. The molecule has 1 aliphatic carbocycles. The highest BCUT2D eigenvalue weighted by Crippen LogP contribution is 2.42. The van der Waals surface area contributed by atoms with E-state index in [1.807, 2.05) is 10.6 Å². The van der Waals surface area contributed by atoms with Gasteiger partial charge in [-0.05, 0) is 44.2 Å². The minimum absolute atomic E-state index is 0.0297. The highest BCUT2D eigenvalue weighted by molar-refractivity contribution is 6.40. The van der Waals surface area contributed by atoms with Crippen molar-refractivity contribution in [2.45, 2.75) is 62.9 Å². The van der Waals surface area contributed by atoms with Crippen molar-refractivity contribution >= 4 is 35.1 Å². The number of rotatable bonds is 11. The summed E-state index contributed by atoms with van der Waals surface area (Å²) >= 11 is 0. The Bertz CT molecular complexity index is 1160. The van der Waals surface area contributed by atoms with Crippen LogP contribution in [0.25, 0.3) is 0 Å². The molecule has 4 atom stereocenters. The Labute approximate surface area is 229 Å². The summed E-state index contributed by atoms with van der Waals surface area (Å²) < 4.78 is 83.8. The molecule has 0 aromatic heterocycles. The SMILES string of the molecule is O=C(Nc1ccccc1F)C(=O)N[C@@H](CC1CCCC1(F)F)C(=O)N[C@@H](C[C@@H]1CCNC1=O)C(=O)COC(F)(F)F. The second-order valence-electron chi connectivity index (χ2n) is 9.82. The van der Waals surface area contributed by atoms with E-state index in [1.165, 1.54) is 12.1 Å². The molecule has 3 rings (SSSR count). The van der Waals surface area contributed by atoms with Gasteiger partial charge in [0.2, 0.25) is 11.8 Å². The van der Waals surface area contributed by atoms with Crippen LogP contribution >= 0.6 is 0 Å². The van der Waals surface area contributed by atoms with Gasteiger partial charge in [-0.2, -0.15) is 0 Å². The van der Waals surface area contributed by atoms with Crippen LogP contribution in [0.2, 0.25) is 0 Å². The molecule has 0 spiro atoms. The number of benzene rings is 1. The maximum atomic E-state index is 14.4. The molecule has 1 saturated carbocycles. The predicted molar refractivity (Wildman–Crippen MR) is 129 cm³/mol. The highest BCUT2D eigenvalue weighted by atomic mass is 19.4. The fourth-order valence-electron chi connectivity index (χ4n) is 4.72. The number of ketones is 1. The summed E-state index contributed by atoms with van der Waals surface area (Å²) in [5.41, 5.74) is -0.374. The topological polar surface area (TPSA) is 143 Å². The third kappa shape index (κ3) is 9.16. The number of halogens is 6. The van der Waals surface area contributed by atoms with E-state index in [4.69, 9.17) is 0 Å². The van der Waals surface area contributed by atoms with Gasteiger partial charge in [-0.3, -0.25) is 28.7 Å². The van der Waals surface area contributed by atoms with Crippen LogP contribution in [0.5, 0.6) is 0 Å². The Morgan fingerprint density at radius 1 is 1.02 bits per heavy atom. The van der Waals surface area contributed by atoms with E-state index in [0.717, 1.165) is 12.1 Å². The van der Waals surface area contributed by atoms with Crippen LogP contribution in [0, 0.1) is 17.7 Å². The lowest BCUT2D eigenvalue weighted by Crippen LogP contribution is -2.55. The minimum Gasteiger partial charge on any atom is -0.356 e. The number of nitrogens with one attached hydrogen (secondary N) is 4. The van der Waals surface area contributed by atoms with Gasteiger partial charge in [0.1, 0.15) is 18.5 Å². The van der Waals surface area contributed by atoms with Crippen molar-refractivity contribution in [3.8, 4) is 0 Å². The van der Waals surface area contributed by atoms with E-state index < -0.39 is 97.3 Å². The molecule has 2 fully saturated rings. The lowest BCUT2D eigenvalue weighted by atomic mass is 9.93. The Balaban J connectivity index is 1.78. The normalized spacial score (nSPS) is 21.5. The molecular weight excluding hydrogens is 566 g/mol. The molecule has 1 saturated heterocycles. The van der Waals surface area contributed by atoms with Crippen LogP contribution < -0.4 is 21.3 Å². The molecule has 226 valence electrons. The van der Waals surface area contributed by atoms with E-state index in [0.29, 0.717) is 0 Å². The van der Waals surface area contributed by atoms with E-state index in [9.17, 15) is 50.3 Å². The number of anilines is 1. The summed E-state index contributed by atoms with van der Waals surface area (Å²) in [7, 11) is 0. The summed E-state index contributed by atoms with van der Waals surface area (Å²) in [5, 5.41) is 8.60. The Kier molecular flexibility index (Phi) is 10.3. The molecule has 1 aromatic rings. The van der Waals surface area contributed by atoms with E-state index in [-0.39, 0.29) is 31.5 Å². The maximum Gasteiger partial charge on any atom is 0.522 e. The molecule has 2 aliphatic rings. The zero-order valence-electron chi connectivity index (χ0n) is 21.5. The fraction of sp³-hybridized carbons (Fsp3) is 0.560. The third-order valence-electron chi connectivity index (χ3n) is 6.90. The monoisotopic (exact) mass is 594 g/mol. The number of carbonyl (C=O) groups is 5. The van der Waals surface area contributed by atoms with Crippen LogP contribution in [0.4, 0.5) is 32.0 Å². The number of amides is 4. The van der Waals surface area contributed by atoms with Crippen LogP contribution in [0.1, 0.15) is 38.5 Å². The van der Waals surface area contributed by atoms with Gasteiger partial charge in [0.15, 0.2) is 5.78 Å². The van der Waals surface area contributed by atoms with E-state index >= 15 is 0 Å². The van der Waals surface area contributed by atoms with Crippen molar-refractivity contribution in [2.75, 3.05) is 18.5 Å². The Morgan fingerprint density at radius 2 is 1.73 bits per heavy atom. The second kappa shape index (κ2) is 13.3. The zero-order chi connectivity index (χ0) is 30.4. The van der Waals surface area contributed by atoms with Gasteiger partial charge in [-0.15, -0.1) is 13.2 Å². The van der Waals surface area contributed by atoms with Gasteiger partial charge in [0.25, 0.3) is 5.92 Å². The summed E-state index contributed by atoms with van der Waals surface area (Å²) in [5.74, 6) is -12.3. The van der Waals surface area contributed by atoms with Crippen molar-refractivity contribution in [3.63, 3.8) is 0 Å². The van der Waals surface area contributed by atoms with Gasteiger partial charge in [0.05, 0.1) is 11.7 Å². The number of ether oxygens (including phenoxy) is 1. The first-order valence-electron chi connectivity index (χ1n) is 12.7. The first-order valence-corrected chi connectivity index (χ1v) is 12.7. The van der Waals surface area contributed by atoms with Crippen molar-refractivity contribution in [1.29, 1.82) is 0 Å². The number of carbonyl (C=O) groups excluding carboxylic acids is 5. The molecule has 1 aromatic carbocycles. The summed E-state index contributed by atoms with van der Waals surface area (Å²) in [6.45, 7) is -1.28. The second-order valence-corrected chi connectivity index (χ2v) is 9.82. The summed E-state index contributed by atoms with van der Waals surface area (Å²) in [6.07, 6.45) is -6.47.